The maximum atomic E-state index is 12.7. The summed E-state index contributed by atoms with van der Waals surface area (Å²) in [6.45, 7) is 1.73. The Balaban J connectivity index is 1.50. The van der Waals surface area contributed by atoms with Gasteiger partial charge in [-0.25, -0.2) is 19.5 Å². The summed E-state index contributed by atoms with van der Waals surface area (Å²) in [5.74, 6) is -2.35. The second kappa shape index (κ2) is 7.49. The monoisotopic (exact) mass is 480 g/mol. The fraction of sp³-hybridized carbons (Fsp3) is 0.235. The zero-order chi connectivity index (χ0) is 22.5. The Hall–Kier alpha value is -3.21. The zero-order valence-corrected chi connectivity index (χ0v) is 18.1. The molecule has 11 nitrogen and oxygen atoms in total. The topological polar surface area (TPSA) is 158 Å². The highest BCUT2D eigenvalue weighted by molar-refractivity contribution is 7.90. The van der Waals surface area contributed by atoms with Crippen molar-refractivity contribution in [3.8, 4) is 6.07 Å². The Bertz CT molecular complexity index is 1380. The van der Waals surface area contributed by atoms with Crippen molar-refractivity contribution < 1.29 is 23.1 Å². The number of hydrogen-bond acceptors (Lipinski definition) is 9. The van der Waals surface area contributed by atoms with Crippen molar-refractivity contribution in [3.05, 3.63) is 39.6 Å². The number of carbonyl (C=O) groups is 2. The van der Waals surface area contributed by atoms with E-state index in [4.69, 9.17) is 11.6 Å². The molecule has 4 rings (SSSR count). The number of amides is 1. The molecule has 0 aliphatic carbocycles. The molecule has 2 N–H and O–H groups in total. The van der Waals surface area contributed by atoms with E-state index in [1.165, 1.54) is 34.9 Å². The van der Waals surface area contributed by atoms with Gasteiger partial charge in [0.25, 0.3) is 10.0 Å². The summed E-state index contributed by atoms with van der Waals surface area (Å²) in [6.07, 6.45) is 1.49. The first-order valence-corrected chi connectivity index (χ1v) is 11.4. The van der Waals surface area contributed by atoms with Crippen LogP contribution in [-0.2, 0) is 14.8 Å². The first-order valence-electron chi connectivity index (χ1n) is 8.70. The van der Waals surface area contributed by atoms with Gasteiger partial charge in [-0.3, -0.25) is 9.20 Å². The molecule has 0 radical (unpaired) electrons. The van der Waals surface area contributed by atoms with Crippen molar-refractivity contribution in [1.82, 2.24) is 19.1 Å². The lowest BCUT2D eigenvalue weighted by atomic mass is 9.98. The lowest BCUT2D eigenvalue weighted by molar-refractivity contribution is -0.123. The van der Waals surface area contributed by atoms with E-state index >= 15 is 0 Å². The lowest BCUT2D eigenvalue weighted by Crippen LogP contribution is -2.55. The van der Waals surface area contributed by atoms with E-state index in [-0.39, 0.29) is 45.9 Å². The van der Waals surface area contributed by atoms with Crippen molar-refractivity contribution in [1.29, 1.82) is 5.26 Å². The van der Waals surface area contributed by atoms with Gasteiger partial charge in [-0.1, -0.05) is 11.6 Å². The van der Waals surface area contributed by atoms with Gasteiger partial charge >= 0.3 is 5.97 Å². The minimum absolute atomic E-state index is 0.0559. The number of aromatic nitrogens is 3. The number of nitrogens with one attached hydrogen (secondary N) is 1. The Labute approximate surface area is 184 Å². The van der Waals surface area contributed by atoms with Crippen LogP contribution in [0, 0.1) is 24.2 Å². The Kier molecular flexibility index (Phi) is 5.08. The molecule has 1 fully saturated rings. The van der Waals surface area contributed by atoms with Crippen LogP contribution in [0.3, 0.4) is 0 Å². The third-order valence-corrected chi connectivity index (χ3v) is 7.26. The van der Waals surface area contributed by atoms with E-state index in [9.17, 15) is 28.4 Å². The van der Waals surface area contributed by atoms with E-state index in [0.29, 0.717) is 4.96 Å². The van der Waals surface area contributed by atoms with Crippen LogP contribution in [0.15, 0.2) is 22.7 Å². The Morgan fingerprint density at radius 2 is 2.10 bits per heavy atom. The van der Waals surface area contributed by atoms with E-state index in [2.05, 4.69) is 9.97 Å². The number of aryl methyl sites for hydroxylation is 1. The number of imidazole rings is 1. The number of rotatable bonds is 5. The number of halogens is 1. The maximum absolute atomic E-state index is 12.7. The molecular formula is C17H13ClN6O5S2. The van der Waals surface area contributed by atoms with Gasteiger partial charge in [0.1, 0.15) is 11.9 Å². The van der Waals surface area contributed by atoms with Gasteiger partial charge in [0.05, 0.1) is 22.7 Å². The van der Waals surface area contributed by atoms with Crippen molar-refractivity contribution in [2.75, 3.05) is 18.0 Å². The summed E-state index contributed by atoms with van der Waals surface area (Å²) in [7, 11) is -4.26. The van der Waals surface area contributed by atoms with Crippen molar-refractivity contribution >= 4 is 55.6 Å². The van der Waals surface area contributed by atoms with Crippen LogP contribution in [-0.4, -0.2) is 52.9 Å². The zero-order valence-electron chi connectivity index (χ0n) is 15.7. The third kappa shape index (κ3) is 3.58. The fourth-order valence-electron chi connectivity index (χ4n) is 3.19. The van der Waals surface area contributed by atoms with Crippen LogP contribution in [0.4, 0.5) is 5.82 Å². The number of hydrogen-bond donors (Lipinski definition) is 2. The van der Waals surface area contributed by atoms with Crippen LogP contribution >= 0.6 is 22.9 Å². The molecule has 0 aromatic carbocycles. The molecule has 4 heterocycles. The molecular weight excluding hydrogens is 468 g/mol. The van der Waals surface area contributed by atoms with Gasteiger partial charge in [-0.15, -0.1) is 11.3 Å². The summed E-state index contributed by atoms with van der Waals surface area (Å²) >= 11 is 7.14. The molecule has 0 bridgehead atoms. The maximum Gasteiger partial charge on any atom is 0.337 e. The average Bonchev–Trinajstić information content (AvgIpc) is 3.19. The molecule has 31 heavy (non-hydrogen) atoms. The van der Waals surface area contributed by atoms with Gasteiger partial charge in [-0.05, 0) is 13.0 Å². The molecule has 0 saturated carbocycles. The molecule has 0 unspecified atom stereocenters. The van der Waals surface area contributed by atoms with Gasteiger partial charge in [0.15, 0.2) is 15.1 Å². The fourth-order valence-corrected chi connectivity index (χ4v) is 5.69. The third-order valence-electron chi connectivity index (χ3n) is 4.76. The summed E-state index contributed by atoms with van der Waals surface area (Å²) in [5, 5.41) is 19.6. The molecule has 1 amide bonds. The molecule has 3 aromatic heterocycles. The van der Waals surface area contributed by atoms with E-state index in [0.717, 1.165) is 0 Å². The van der Waals surface area contributed by atoms with Crippen molar-refractivity contribution in [3.63, 3.8) is 0 Å². The molecule has 3 aromatic rings. The minimum atomic E-state index is -4.26. The highest BCUT2D eigenvalue weighted by Crippen LogP contribution is 2.29. The SMILES string of the molecule is Cc1nc(N2CC(C(=O)NS(=O)(=O)c3c(Cl)nc4sccn34)C2)c(C#N)cc1C(=O)O. The van der Waals surface area contributed by atoms with Crippen LogP contribution in [0.25, 0.3) is 4.96 Å². The molecule has 1 saturated heterocycles. The quantitative estimate of drug-likeness (QED) is 0.548. The number of pyridine rings is 1. The van der Waals surface area contributed by atoms with Crippen molar-refractivity contribution in [2.24, 2.45) is 5.92 Å². The van der Waals surface area contributed by atoms with Gasteiger partial charge in [0, 0.05) is 24.7 Å². The van der Waals surface area contributed by atoms with E-state index in [1.807, 2.05) is 10.8 Å². The smallest absolute Gasteiger partial charge is 0.337 e. The number of aromatic carboxylic acids is 1. The predicted molar refractivity (Wildman–Crippen MR) is 110 cm³/mol. The first-order chi connectivity index (χ1) is 14.6. The molecule has 1 aliphatic heterocycles. The lowest BCUT2D eigenvalue weighted by Gasteiger charge is -2.39. The van der Waals surface area contributed by atoms with Gasteiger partial charge in [0.2, 0.25) is 5.91 Å². The van der Waals surface area contributed by atoms with Crippen LogP contribution in [0.5, 0.6) is 0 Å². The molecule has 160 valence electrons. The van der Waals surface area contributed by atoms with Crippen LogP contribution in [0.2, 0.25) is 5.15 Å². The number of carboxylic acid groups (broad SMARTS) is 1. The normalized spacial score (nSPS) is 14.3. The number of anilines is 1. The number of nitrogens with zero attached hydrogens (tertiary/aromatic N) is 5. The molecule has 14 heteroatoms. The van der Waals surface area contributed by atoms with E-state index < -0.39 is 27.8 Å². The van der Waals surface area contributed by atoms with Gasteiger partial charge in [-0.2, -0.15) is 13.7 Å². The second-order valence-electron chi connectivity index (χ2n) is 6.74. The van der Waals surface area contributed by atoms with Crippen LogP contribution in [0.1, 0.15) is 21.6 Å². The number of thiazole rings is 1. The number of nitriles is 1. The number of sulfonamides is 1. The average molecular weight is 481 g/mol. The van der Waals surface area contributed by atoms with Crippen LogP contribution < -0.4 is 9.62 Å². The molecule has 0 spiro atoms. The molecule has 1 aliphatic rings. The minimum Gasteiger partial charge on any atom is -0.478 e. The van der Waals surface area contributed by atoms with Crippen molar-refractivity contribution in [2.45, 2.75) is 11.9 Å². The number of carboxylic acids is 1. The molecule has 0 atom stereocenters. The standard InChI is InChI=1S/C17H13ClN6O5S2/c1-8-11(16(26)27)4-9(5-19)13(20-8)23-6-10(7-23)14(25)22-31(28,29)15-12(18)21-17-24(15)2-3-30-17/h2-4,10H,6-7H2,1H3,(H,22,25)(H,26,27). The van der Waals surface area contributed by atoms with Gasteiger partial charge < -0.3 is 10.0 Å². The highest BCUT2D eigenvalue weighted by Gasteiger charge is 2.38. The Morgan fingerprint density at radius 3 is 2.74 bits per heavy atom. The Morgan fingerprint density at radius 1 is 1.39 bits per heavy atom. The summed E-state index contributed by atoms with van der Waals surface area (Å²) in [6, 6.07) is 3.13. The number of carbonyl (C=O) groups excluding carboxylic acids is 1. The first kappa shape index (κ1) is 21.0. The van der Waals surface area contributed by atoms with E-state index in [1.54, 1.807) is 10.3 Å². The number of fused-ring (bicyclic) bond motifs is 1. The summed E-state index contributed by atoms with van der Waals surface area (Å²) in [5.41, 5.74) is 0.200. The summed E-state index contributed by atoms with van der Waals surface area (Å²) < 4.78 is 28.7. The highest BCUT2D eigenvalue weighted by atomic mass is 35.5. The predicted octanol–water partition coefficient (Wildman–Crippen LogP) is 1.26. The second-order valence-corrected chi connectivity index (χ2v) is 9.57. The summed E-state index contributed by atoms with van der Waals surface area (Å²) in [4.78, 5) is 33.9. The largest absolute Gasteiger partial charge is 0.478 e.